The molecule has 8 rings (SSSR count). The highest BCUT2D eigenvalue weighted by Crippen LogP contribution is 2.27. The lowest BCUT2D eigenvalue weighted by molar-refractivity contribution is -0.178. The van der Waals surface area contributed by atoms with Crippen LogP contribution < -0.4 is 20.1 Å². The number of aliphatic hydroxyl groups excluding tert-OH is 2. The number of rotatable bonds is 30. The maximum atomic E-state index is 13.6. The molecule has 0 saturated carbocycles. The van der Waals surface area contributed by atoms with Gasteiger partial charge in [0.2, 0.25) is 18.6 Å². The van der Waals surface area contributed by atoms with E-state index in [1.54, 1.807) is 86.9 Å². The number of ether oxygens (including phenoxy) is 5. The van der Waals surface area contributed by atoms with E-state index in [1.807, 2.05) is 84.9 Å². The minimum atomic E-state index is -1.71. The van der Waals surface area contributed by atoms with Gasteiger partial charge in [-0.05, 0) is 101 Å². The molecule has 5 atom stereocenters. The number of carboxylic acid groups (broad SMARTS) is 1. The lowest BCUT2D eigenvalue weighted by atomic mass is 9.93. The quantitative estimate of drug-likeness (QED) is 0.0159. The Bertz CT molecular complexity index is 3750. The van der Waals surface area contributed by atoms with Crippen molar-refractivity contribution in [2.75, 3.05) is 27.1 Å². The predicted molar refractivity (Wildman–Crippen MR) is 339 cm³/mol. The molecule has 8 aromatic rings. The number of pyridine rings is 2. The van der Waals surface area contributed by atoms with Gasteiger partial charge in [0, 0.05) is 59.5 Å². The number of carbonyl (C=O) groups excluding carboxylic acids is 5. The SMILES string of the molecule is C=CCOc1cc(C(=O)N[C@H](Cc2ccc(-c3cccc(Cl)c3)cc2)C[C@@H](O)C(=O)O)nn1-c1ccccn1.C=CCOc1cc(C(=O)N[C@H](Cc2ccc(-c3cccc(Cl)c3)cc2)C[C@@H](O)C(=O)OCOC(=O)C(CC(=O)OC)C(C)C)nn1-c1ccccn1. The number of methoxy groups -OCH3 is 1. The molecule has 0 aliphatic carbocycles. The fourth-order valence-electron chi connectivity index (χ4n) is 9.15. The number of carboxylic acids is 1. The third-order valence-electron chi connectivity index (χ3n) is 13.8. The van der Waals surface area contributed by atoms with Crippen LogP contribution in [0.3, 0.4) is 0 Å². The van der Waals surface area contributed by atoms with Crippen LogP contribution in [-0.2, 0) is 46.2 Å². The first kappa shape index (κ1) is 68.5. The van der Waals surface area contributed by atoms with Crippen molar-refractivity contribution in [2.45, 2.75) is 70.2 Å². The zero-order valence-electron chi connectivity index (χ0n) is 50.0. The van der Waals surface area contributed by atoms with Gasteiger partial charge in [0.15, 0.2) is 35.2 Å². The third kappa shape index (κ3) is 20.5. The summed E-state index contributed by atoms with van der Waals surface area (Å²) in [5, 5.41) is 45.9. The van der Waals surface area contributed by atoms with Crippen LogP contribution in [0.4, 0.5) is 0 Å². The van der Waals surface area contributed by atoms with Gasteiger partial charge in [-0.3, -0.25) is 19.2 Å². The molecule has 22 nitrogen and oxygen atoms in total. The molecule has 0 saturated heterocycles. The van der Waals surface area contributed by atoms with Crippen LogP contribution >= 0.6 is 23.2 Å². The molecule has 4 aromatic heterocycles. The van der Waals surface area contributed by atoms with Crippen molar-refractivity contribution in [3.8, 4) is 45.6 Å². The number of hydrogen-bond acceptors (Lipinski definition) is 17. The average Bonchev–Trinajstić information content (AvgIpc) is 1.85. The number of amides is 2. The van der Waals surface area contributed by atoms with Crippen molar-refractivity contribution in [2.24, 2.45) is 11.8 Å². The average molecular weight is 1280 g/mol. The fraction of sp³-hybridized carbons (Fsp3) is 0.254. The number of carbonyl (C=O) groups is 6. The van der Waals surface area contributed by atoms with Gasteiger partial charge in [-0.2, -0.15) is 19.6 Å². The molecule has 91 heavy (non-hydrogen) atoms. The van der Waals surface area contributed by atoms with Crippen LogP contribution in [0.2, 0.25) is 10.0 Å². The van der Waals surface area contributed by atoms with Gasteiger partial charge in [-0.25, -0.2) is 19.6 Å². The van der Waals surface area contributed by atoms with E-state index >= 15 is 0 Å². The smallest absolute Gasteiger partial charge is 0.337 e. The van der Waals surface area contributed by atoms with Gasteiger partial charge in [-0.1, -0.05) is 147 Å². The van der Waals surface area contributed by atoms with Crippen molar-refractivity contribution in [3.63, 3.8) is 0 Å². The zero-order chi connectivity index (χ0) is 65.4. The van der Waals surface area contributed by atoms with Crippen LogP contribution in [0.25, 0.3) is 33.9 Å². The summed E-state index contributed by atoms with van der Waals surface area (Å²) >= 11 is 12.3. The number of aromatic nitrogens is 6. The molecule has 24 heteroatoms. The molecule has 474 valence electrons. The second-order valence-electron chi connectivity index (χ2n) is 20.8. The number of nitrogens with one attached hydrogen (secondary N) is 2. The largest absolute Gasteiger partial charge is 0.479 e. The van der Waals surface area contributed by atoms with Crippen molar-refractivity contribution in [3.05, 3.63) is 216 Å². The van der Waals surface area contributed by atoms with E-state index in [4.69, 9.17) is 42.1 Å². The van der Waals surface area contributed by atoms with Crippen LogP contribution in [0.1, 0.15) is 65.2 Å². The Balaban J connectivity index is 0.000000269. The highest BCUT2D eigenvalue weighted by Gasteiger charge is 2.30. The highest BCUT2D eigenvalue weighted by molar-refractivity contribution is 6.31. The summed E-state index contributed by atoms with van der Waals surface area (Å²) in [4.78, 5) is 83.8. The fourth-order valence-corrected chi connectivity index (χ4v) is 9.53. The summed E-state index contributed by atoms with van der Waals surface area (Å²) < 4.78 is 28.9. The van der Waals surface area contributed by atoms with E-state index in [9.17, 15) is 44.1 Å². The Morgan fingerprint density at radius 1 is 0.582 bits per heavy atom. The van der Waals surface area contributed by atoms with Crippen LogP contribution in [0.15, 0.2) is 183 Å². The Hall–Kier alpha value is -10.0. The molecule has 2 amide bonds. The first-order chi connectivity index (χ1) is 43.8. The lowest BCUT2D eigenvalue weighted by Crippen LogP contribution is -2.41. The minimum absolute atomic E-state index is 0.00154. The van der Waals surface area contributed by atoms with Crippen molar-refractivity contribution < 1.29 is 67.8 Å². The van der Waals surface area contributed by atoms with Crippen molar-refractivity contribution >= 4 is 58.9 Å². The monoisotopic (exact) mass is 1280 g/mol. The maximum Gasteiger partial charge on any atom is 0.337 e. The zero-order valence-corrected chi connectivity index (χ0v) is 51.5. The second-order valence-corrected chi connectivity index (χ2v) is 21.7. The number of halogens is 2. The van der Waals surface area contributed by atoms with E-state index in [0.717, 1.165) is 33.4 Å². The lowest BCUT2D eigenvalue weighted by Gasteiger charge is -2.21. The van der Waals surface area contributed by atoms with E-state index in [1.165, 1.54) is 28.6 Å². The van der Waals surface area contributed by atoms with Crippen molar-refractivity contribution in [1.29, 1.82) is 0 Å². The van der Waals surface area contributed by atoms with Crippen LogP contribution in [0, 0.1) is 11.8 Å². The van der Waals surface area contributed by atoms with Gasteiger partial charge >= 0.3 is 23.9 Å². The number of nitrogens with zero attached hydrogens (tertiary/aromatic N) is 6. The molecule has 1 unspecified atom stereocenters. The van der Waals surface area contributed by atoms with Crippen LogP contribution in [-0.4, -0.2) is 132 Å². The summed E-state index contributed by atoms with van der Waals surface area (Å²) in [7, 11) is 1.21. The molecule has 0 aliphatic rings. The summed E-state index contributed by atoms with van der Waals surface area (Å²) in [6.45, 7) is 10.3. The Kier molecular flexibility index (Phi) is 25.7. The van der Waals surface area contributed by atoms with Crippen LogP contribution in [0.5, 0.6) is 11.8 Å². The molecule has 5 N–H and O–H groups in total. The first-order valence-corrected chi connectivity index (χ1v) is 29.4. The standard InChI is InChI=1S/C38H41ClN4O9.C29H27ClN4O5/c1-5-17-50-34-22-31(42-43(34)33-11-6-7-16-40-33)36(46)41-29(18-25-12-14-26(15-13-25)27-9-8-10-28(39)19-27)20-32(44)38(48)52-23-51-37(47)30(24(2)3)21-35(45)49-4;1-2-14-39-27-18-24(33-34(27)26-8-3-4-13-31-26)28(36)32-23(17-25(35)29(37)38)15-19-9-11-20(12-10-19)21-6-5-7-22(30)16-21/h5-16,19,22,24,29-30,32,44H,1,17-18,20-21,23H2,2-4H3,(H,41,46);2-13,16,18,23,25,35H,1,14-15,17H2,(H,32,36)(H,37,38)/t29-,30?,32-;23-,25-/m11/s1. The molecule has 4 aromatic carbocycles. The number of esters is 3. The van der Waals surface area contributed by atoms with E-state index in [2.05, 4.69) is 48.7 Å². The van der Waals surface area contributed by atoms with E-state index in [-0.39, 0.29) is 74.4 Å². The molecule has 0 fully saturated rings. The van der Waals surface area contributed by atoms with E-state index in [0.29, 0.717) is 21.7 Å². The van der Waals surface area contributed by atoms with Gasteiger partial charge < -0.3 is 49.6 Å². The molecule has 0 bridgehead atoms. The summed E-state index contributed by atoms with van der Waals surface area (Å²) in [6.07, 6.45) is 2.77. The normalized spacial score (nSPS) is 12.5. The Morgan fingerprint density at radius 3 is 1.43 bits per heavy atom. The maximum absolute atomic E-state index is 13.6. The van der Waals surface area contributed by atoms with Gasteiger partial charge in [0.25, 0.3) is 11.8 Å². The molecular weight excluding hydrogens is 1210 g/mol. The number of hydrogen-bond donors (Lipinski definition) is 5. The second kappa shape index (κ2) is 34.1. The van der Waals surface area contributed by atoms with Gasteiger partial charge in [-0.15, -0.1) is 0 Å². The summed E-state index contributed by atoms with van der Waals surface area (Å²) in [5.41, 5.74) is 5.45. The Morgan fingerprint density at radius 2 is 1.03 bits per heavy atom. The summed E-state index contributed by atoms with van der Waals surface area (Å²) in [6, 6.07) is 42.0. The molecule has 0 aliphatic heterocycles. The number of aliphatic hydroxyl groups is 2. The molecule has 0 radical (unpaired) electrons. The van der Waals surface area contributed by atoms with Crippen molar-refractivity contribution in [1.82, 2.24) is 40.2 Å². The predicted octanol–water partition coefficient (Wildman–Crippen LogP) is 9.45. The Labute approximate surface area is 535 Å². The number of aliphatic carboxylic acids is 1. The number of benzene rings is 4. The van der Waals surface area contributed by atoms with E-state index < -0.39 is 72.7 Å². The molecule has 0 spiro atoms. The minimum Gasteiger partial charge on any atom is -0.479 e. The van der Waals surface area contributed by atoms with Gasteiger partial charge in [0.05, 0.1) is 19.4 Å². The topological polar surface area (TPSA) is 295 Å². The first-order valence-electron chi connectivity index (χ1n) is 28.6. The molecular formula is C67H68Cl2N8O14. The van der Waals surface area contributed by atoms with Gasteiger partial charge in [0.1, 0.15) is 13.2 Å². The molecule has 4 heterocycles. The summed E-state index contributed by atoms with van der Waals surface area (Å²) in [5.74, 6) is -4.59. The highest BCUT2D eigenvalue weighted by atomic mass is 35.5. The third-order valence-corrected chi connectivity index (χ3v) is 14.3.